The zero-order valence-electron chi connectivity index (χ0n) is 19.8. The van der Waals surface area contributed by atoms with Gasteiger partial charge in [0.05, 0.1) is 10.9 Å². The van der Waals surface area contributed by atoms with Crippen molar-refractivity contribution >= 4 is 28.3 Å². The number of halogens is 3. The largest absolute Gasteiger partial charge is 0.409 e. The molecule has 0 saturated heterocycles. The molecule has 10 heteroatoms. The molecule has 3 heterocycles. The van der Waals surface area contributed by atoms with Gasteiger partial charge in [0.2, 0.25) is 0 Å². The van der Waals surface area contributed by atoms with Gasteiger partial charge in [-0.15, -0.1) is 5.10 Å². The van der Waals surface area contributed by atoms with Gasteiger partial charge >= 0.3 is 6.18 Å². The van der Waals surface area contributed by atoms with E-state index < -0.39 is 11.7 Å². The zero-order valence-corrected chi connectivity index (χ0v) is 19.8. The van der Waals surface area contributed by atoms with Crippen molar-refractivity contribution < 1.29 is 13.2 Å². The normalized spacial score (nSPS) is 13.1. The maximum absolute atomic E-state index is 13.8. The molecule has 0 bridgehead atoms. The standard InChI is InChI=1S/C27H23F3N6O/c1-17(33-16-21-24(31)34-35-14-6-13-32-25(21)35)22-15-19-8-5-7-18(11-12-27(28,29)30)23(19)26(37)36(22)20-9-3-2-4-10-20/h2-15,17,33H,16H2,1H3,(H2,31,34). The number of alkyl halides is 3. The highest BCUT2D eigenvalue weighted by molar-refractivity contribution is 5.90. The Morgan fingerprint density at radius 2 is 1.89 bits per heavy atom. The molecule has 3 N–H and O–H groups in total. The van der Waals surface area contributed by atoms with Gasteiger partial charge in [-0.1, -0.05) is 36.4 Å². The van der Waals surface area contributed by atoms with Crippen LogP contribution in [-0.2, 0) is 6.54 Å². The SMILES string of the molecule is CC(NCc1c(N)nn2cccnc12)c1cc2cccc(C=CC(F)(F)F)c2c(=O)n1-c1ccccc1. The van der Waals surface area contributed by atoms with Crippen LogP contribution in [0.15, 0.2) is 83.9 Å². The lowest BCUT2D eigenvalue weighted by atomic mass is 10.0. The van der Waals surface area contributed by atoms with E-state index in [4.69, 9.17) is 5.73 Å². The molecule has 0 aliphatic rings. The summed E-state index contributed by atoms with van der Waals surface area (Å²) in [6.07, 6.45) is -0.00650. The molecule has 0 fully saturated rings. The molecule has 0 aliphatic heterocycles. The maximum atomic E-state index is 13.8. The summed E-state index contributed by atoms with van der Waals surface area (Å²) < 4.78 is 41.8. The van der Waals surface area contributed by atoms with Crippen LogP contribution in [0.3, 0.4) is 0 Å². The highest BCUT2D eigenvalue weighted by Crippen LogP contribution is 2.26. The summed E-state index contributed by atoms with van der Waals surface area (Å²) >= 11 is 0. The molecule has 7 nitrogen and oxygen atoms in total. The minimum atomic E-state index is -4.49. The first-order chi connectivity index (χ1) is 17.7. The van der Waals surface area contributed by atoms with Gasteiger partial charge < -0.3 is 11.1 Å². The highest BCUT2D eigenvalue weighted by Gasteiger charge is 2.23. The fraction of sp³-hybridized carbons (Fsp3) is 0.148. The van der Waals surface area contributed by atoms with Crippen LogP contribution in [-0.4, -0.2) is 25.3 Å². The Morgan fingerprint density at radius 3 is 2.65 bits per heavy atom. The van der Waals surface area contributed by atoms with Crippen LogP contribution in [0.1, 0.15) is 29.8 Å². The number of allylic oxidation sites excluding steroid dienone is 1. The van der Waals surface area contributed by atoms with Crippen LogP contribution >= 0.6 is 0 Å². The number of anilines is 1. The van der Waals surface area contributed by atoms with Gasteiger partial charge in [-0.05, 0) is 48.2 Å². The molecule has 1 unspecified atom stereocenters. The van der Waals surface area contributed by atoms with Crippen molar-refractivity contribution in [2.24, 2.45) is 0 Å². The average Bonchev–Trinajstić information content (AvgIpc) is 3.20. The minimum Gasteiger partial charge on any atom is -0.382 e. The number of rotatable bonds is 6. The molecular formula is C27H23F3N6O. The Hall–Kier alpha value is -4.44. The molecule has 0 aliphatic carbocycles. The van der Waals surface area contributed by atoms with E-state index in [0.29, 0.717) is 34.8 Å². The molecule has 2 aromatic carbocycles. The van der Waals surface area contributed by atoms with Crippen molar-refractivity contribution in [3.63, 3.8) is 0 Å². The molecule has 0 radical (unpaired) electrons. The van der Waals surface area contributed by atoms with Gasteiger partial charge in [0.15, 0.2) is 11.5 Å². The number of nitrogens with zero attached hydrogens (tertiary/aromatic N) is 4. The predicted molar refractivity (Wildman–Crippen MR) is 137 cm³/mol. The third kappa shape index (κ3) is 4.83. The van der Waals surface area contributed by atoms with Crippen molar-refractivity contribution in [1.29, 1.82) is 0 Å². The Bertz CT molecular complexity index is 1670. The first kappa shape index (κ1) is 24.3. The van der Waals surface area contributed by atoms with Crippen molar-refractivity contribution in [2.75, 3.05) is 5.73 Å². The van der Waals surface area contributed by atoms with Gasteiger partial charge in [-0.3, -0.25) is 9.36 Å². The first-order valence-corrected chi connectivity index (χ1v) is 11.5. The van der Waals surface area contributed by atoms with Gasteiger partial charge in [0.1, 0.15) is 0 Å². The Balaban J connectivity index is 1.61. The molecular weight excluding hydrogens is 481 g/mol. The quantitative estimate of drug-likeness (QED) is 0.338. The summed E-state index contributed by atoms with van der Waals surface area (Å²) in [5.41, 5.74) is 8.50. The monoisotopic (exact) mass is 504 g/mol. The van der Waals surface area contributed by atoms with Crippen LogP contribution < -0.4 is 16.6 Å². The number of benzene rings is 2. The molecule has 37 heavy (non-hydrogen) atoms. The third-order valence-electron chi connectivity index (χ3n) is 6.12. The van der Waals surface area contributed by atoms with E-state index in [1.54, 1.807) is 59.4 Å². The number of aromatic nitrogens is 4. The van der Waals surface area contributed by atoms with E-state index >= 15 is 0 Å². The first-order valence-electron chi connectivity index (χ1n) is 11.5. The summed E-state index contributed by atoms with van der Waals surface area (Å²) in [6, 6.07) is 17.1. The number of fused-ring (bicyclic) bond motifs is 2. The zero-order chi connectivity index (χ0) is 26.2. The van der Waals surface area contributed by atoms with E-state index in [1.807, 2.05) is 19.1 Å². The number of nitrogens with one attached hydrogen (secondary N) is 1. The molecule has 5 aromatic rings. The predicted octanol–water partition coefficient (Wildman–Crippen LogP) is 5.04. The molecule has 0 saturated carbocycles. The molecule has 3 aromatic heterocycles. The molecule has 0 spiro atoms. The lowest BCUT2D eigenvalue weighted by Crippen LogP contribution is -2.29. The Labute approximate surface area is 209 Å². The second kappa shape index (κ2) is 9.55. The molecule has 5 rings (SSSR count). The molecule has 0 amide bonds. The Kier molecular flexibility index (Phi) is 6.26. The lowest BCUT2D eigenvalue weighted by Gasteiger charge is -2.21. The third-order valence-corrected chi connectivity index (χ3v) is 6.12. The van der Waals surface area contributed by atoms with Gasteiger partial charge in [0, 0.05) is 42.4 Å². The van der Waals surface area contributed by atoms with Crippen molar-refractivity contribution in [3.05, 3.63) is 106 Å². The smallest absolute Gasteiger partial charge is 0.382 e. The van der Waals surface area contributed by atoms with Crippen LogP contribution in [0.5, 0.6) is 0 Å². The number of hydrogen-bond donors (Lipinski definition) is 2. The number of nitrogen functional groups attached to an aromatic ring is 1. The number of hydrogen-bond acceptors (Lipinski definition) is 5. The summed E-state index contributed by atoms with van der Waals surface area (Å²) in [6.45, 7) is 2.24. The fourth-order valence-corrected chi connectivity index (χ4v) is 4.37. The molecule has 1 atom stereocenters. The number of nitrogens with two attached hydrogens (primary N) is 1. The van der Waals surface area contributed by atoms with E-state index in [-0.39, 0.29) is 23.1 Å². The minimum absolute atomic E-state index is 0.140. The average molecular weight is 505 g/mol. The lowest BCUT2D eigenvalue weighted by molar-refractivity contribution is -0.0790. The topological polar surface area (TPSA) is 90.2 Å². The van der Waals surface area contributed by atoms with Crippen LogP contribution in [0.25, 0.3) is 28.2 Å². The van der Waals surface area contributed by atoms with Gasteiger partial charge in [-0.25, -0.2) is 9.50 Å². The number of pyridine rings is 1. The summed E-state index contributed by atoms with van der Waals surface area (Å²) in [5, 5.41) is 8.43. The van der Waals surface area contributed by atoms with Gasteiger partial charge in [-0.2, -0.15) is 13.2 Å². The van der Waals surface area contributed by atoms with Gasteiger partial charge in [0.25, 0.3) is 5.56 Å². The highest BCUT2D eigenvalue weighted by atomic mass is 19.4. The van der Waals surface area contributed by atoms with E-state index in [1.165, 1.54) is 10.6 Å². The van der Waals surface area contributed by atoms with E-state index in [9.17, 15) is 18.0 Å². The van der Waals surface area contributed by atoms with E-state index in [2.05, 4.69) is 15.4 Å². The van der Waals surface area contributed by atoms with Crippen molar-refractivity contribution in [2.45, 2.75) is 25.7 Å². The van der Waals surface area contributed by atoms with Crippen LogP contribution in [0.2, 0.25) is 0 Å². The summed E-state index contributed by atoms with van der Waals surface area (Å²) in [7, 11) is 0. The second-order valence-electron chi connectivity index (χ2n) is 8.59. The fourth-order valence-electron chi connectivity index (χ4n) is 4.37. The summed E-state index contributed by atoms with van der Waals surface area (Å²) in [5.74, 6) is 0.346. The Morgan fingerprint density at radius 1 is 1.11 bits per heavy atom. The maximum Gasteiger partial charge on any atom is 0.409 e. The van der Waals surface area contributed by atoms with Crippen LogP contribution in [0, 0.1) is 0 Å². The second-order valence-corrected chi connectivity index (χ2v) is 8.59. The summed E-state index contributed by atoms with van der Waals surface area (Å²) in [4.78, 5) is 18.2. The molecule has 188 valence electrons. The van der Waals surface area contributed by atoms with Crippen molar-refractivity contribution in [1.82, 2.24) is 24.5 Å². The van der Waals surface area contributed by atoms with Crippen LogP contribution in [0.4, 0.5) is 19.0 Å². The van der Waals surface area contributed by atoms with Crippen molar-refractivity contribution in [3.8, 4) is 5.69 Å². The van der Waals surface area contributed by atoms with E-state index in [0.717, 1.165) is 11.6 Å². The number of para-hydroxylation sites is 1.